The van der Waals surface area contributed by atoms with Gasteiger partial charge in [-0.15, -0.1) is 0 Å². The zero-order chi connectivity index (χ0) is 11.4. The highest BCUT2D eigenvalue weighted by Gasteiger charge is 2.21. The molecule has 1 aromatic rings. The Kier molecular flexibility index (Phi) is 3.29. The lowest BCUT2D eigenvalue weighted by Crippen LogP contribution is -2.08. The molecule has 0 heterocycles. The number of methoxy groups -OCH3 is 2. The number of nitro groups is 1. The fraction of sp³-hybridized carbons (Fsp3) is 0.250. The third-order valence-electron chi connectivity index (χ3n) is 1.82. The highest BCUT2D eigenvalue weighted by Crippen LogP contribution is 2.39. The van der Waals surface area contributed by atoms with Gasteiger partial charge in [0.25, 0.3) is 0 Å². The minimum atomic E-state index is -0.567. The summed E-state index contributed by atoms with van der Waals surface area (Å²) in [4.78, 5) is 10.2. The summed E-state index contributed by atoms with van der Waals surface area (Å²) in [5.74, 6) is 5.49. The van der Waals surface area contributed by atoms with Gasteiger partial charge < -0.3 is 14.9 Å². The Balaban J connectivity index is 3.39. The summed E-state index contributed by atoms with van der Waals surface area (Å²) in [6.45, 7) is 0. The van der Waals surface area contributed by atoms with Gasteiger partial charge in [-0.2, -0.15) is 0 Å². The summed E-state index contributed by atoms with van der Waals surface area (Å²) in [6, 6.07) is 2.77. The van der Waals surface area contributed by atoms with Crippen LogP contribution < -0.4 is 20.7 Å². The van der Waals surface area contributed by atoms with Crippen LogP contribution in [0, 0.1) is 10.1 Å². The molecule has 1 rings (SSSR count). The van der Waals surface area contributed by atoms with E-state index >= 15 is 0 Å². The van der Waals surface area contributed by atoms with Gasteiger partial charge in [-0.05, 0) is 0 Å². The Bertz CT molecular complexity index is 380. The monoisotopic (exact) mass is 213 g/mol. The van der Waals surface area contributed by atoms with Crippen LogP contribution in [0.15, 0.2) is 12.1 Å². The van der Waals surface area contributed by atoms with E-state index in [-0.39, 0.29) is 17.2 Å². The van der Waals surface area contributed by atoms with Gasteiger partial charge in [-0.3, -0.25) is 16.0 Å². The van der Waals surface area contributed by atoms with Crippen LogP contribution in [-0.4, -0.2) is 19.1 Å². The molecule has 0 unspecified atom stereocenters. The fourth-order valence-corrected chi connectivity index (χ4v) is 1.16. The molecule has 0 aliphatic carbocycles. The number of nitrogens with zero attached hydrogens (tertiary/aromatic N) is 1. The van der Waals surface area contributed by atoms with Crippen molar-refractivity contribution in [3.63, 3.8) is 0 Å². The second-order valence-electron chi connectivity index (χ2n) is 2.63. The molecule has 0 aliphatic rings. The molecule has 3 N–H and O–H groups in total. The Morgan fingerprint density at radius 3 is 2.47 bits per heavy atom. The van der Waals surface area contributed by atoms with E-state index in [1.54, 1.807) is 0 Å². The van der Waals surface area contributed by atoms with Crippen LogP contribution >= 0.6 is 0 Å². The smallest absolute Gasteiger partial charge is 0.316 e. The molecule has 7 heteroatoms. The molecule has 0 fully saturated rings. The minimum Gasteiger partial charge on any atom is -0.493 e. The molecule has 0 spiro atoms. The van der Waals surface area contributed by atoms with Crippen molar-refractivity contribution < 1.29 is 14.4 Å². The van der Waals surface area contributed by atoms with E-state index in [2.05, 4.69) is 5.43 Å². The number of nitrogens with one attached hydrogen (secondary N) is 1. The van der Waals surface area contributed by atoms with E-state index in [1.165, 1.54) is 26.4 Å². The van der Waals surface area contributed by atoms with Crippen molar-refractivity contribution in [2.75, 3.05) is 19.6 Å². The third kappa shape index (κ3) is 2.08. The molecule has 7 nitrogen and oxygen atoms in total. The van der Waals surface area contributed by atoms with Gasteiger partial charge in [-0.25, -0.2) is 0 Å². The van der Waals surface area contributed by atoms with Gasteiger partial charge in [0.15, 0.2) is 5.75 Å². The Morgan fingerprint density at radius 2 is 2.07 bits per heavy atom. The number of anilines is 1. The van der Waals surface area contributed by atoms with E-state index in [1.807, 2.05) is 0 Å². The number of ether oxygens (including phenoxy) is 2. The molecule has 0 bridgehead atoms. The van der Waals surface area contributed by atoms with Crippen LogP contribution in [0.1, 0.15) is 0 Å². The first-order valence-corrected chi connectivity index (χ1v) is 4.01. The zero-order valence-corrected chi connectivity index (χ0v) is 8.31. The van der Waals surface area contributed by atoms with Gasteiger partial charge in [0.05, 0.1) is 24.8 Å². The summed E-state index contributed by atoms with van der Waals surface area (Å²) in [6.07, 6.45) is 0. The van der Waals surface area contributed by atoms with E-state index in [0.717, 1.165) is 0 Å². The minimum absolute atomic E-state index is 0.0708. The van der Waals surface area contributed by atoms with Crippen LogP contribution in [0.3, 0.4) is 0 Å². The normalized spacial score (nSPS) is 9.53. The van der Waals surface area contributed by atoms with Crippen LogP contribution in [0.2, 0.25) is 0 Å². The van der Waals surface area contributed by atoms with Gasteiger partial charge >= 0.3 is 5.69 Å². The fourth-order valence-electron chi connectivity index (χ4n) is 1.16. The second kappa shape index (κ2) is 4.47. The van der Waals surface area contributed by atoms with Gasteiger partial charge in [-0.1, -0.05) is 0 Å². The lowest BCUT2D eigenvalue weighted by molar-refractivity contribution is -0.385. The number of rotatable bonds is 4. The van der Waals surface area contributed by atoms with Crippen LogP contribution in [-0.2, 0) is 0 Å². The highest BCUT2D eigenvalue weighted by atomic mass is 16.6. The molecule has 1 aromatic carbocycles. The van der Waals surface area contributed by atoms with Crippen molar-refractivity contribution >= 4 is 11.4 Å². The lowest BCUT2D eigenvalue weighted by atomic mass is 10.2. The van der Waals surface area contributed by atoms with Gasteiger partial charge in [0.2, 0.25) is 5.75 Å². The molecule has 0 saturated heterocycles. The summed E-state index contributed by atoms with van der Waals surface area (Å²) < 4.78 is 9.84. The Hall–Kier alpha value is -2.02. The third-order valence-corrected chi connectivity index (χ3v) is 1.82. The SMILES string of the molecule is COc1cc(NN)cc([N+](=O)[O-])c1OC. The predicted molar refractivity (Wildman–Crippen MR) is 54.0 cm³/mol. The largest absolute Gasteiger partial charge is 0.493 e. The summed E-state index contributed by atoms with van der Waals surface area (Å²) in [5.41, 5.74) is 2.48. The molecule has 0 aliphatic heterocycles. The molecule has 0 radical (unpaired) electrons. The molecule has 0 amide bonds. The topological polar surface area (TPSA) is 99.7 Å². The zero-order valence-electron chi connectivity index (χ0n) is 8.31. The summed E-state index contributed by atoms with van der Waals surface area (Å²) in [5, 5.41) is 10.7. The first-order chi connectivity index (χ1) is 7.13. The Labute approximate surface area is 85.9 Å². The molecule has 15 heavy (non-hydrogen) atoms. The highest BCUT2D eigenvalue weighted by molar-refractivity contribution is 5.65. The van der Waals surface area contributed by atoms with Crippen molar-refractivity contribution in [2.24, 2.45) is 5.84 Å². The van der Waals surface area contributed by atoms with Gasteiger partial charge in [0, 0.05) is 12.1 Å². The van der Waals surface area contributed by atoms with Gasteiger partial charge in [0.1, 0.15) is 0 Å². The van der Waals surface area contributed by atoms with Crippen LogP contribution in [0.4, 0.5) is 11.4 Å². The first-order valence-electron chi connectivity index (χ1n) is 4.01. The van der Waals surface area contributed by atoms with Crippen LogP contribution in [0.25, 0.3) is 0 Å². The van der Waals surface area contributed by atoms with Crippen molar-refractivity contribution in [1.29, 1.82) is 0 Å². The van der Waals surface area contributed by atoms with E-state index < -0.39 is 4.92 Å². The quantitative estimate of drug-likeness (QED) is 0.438. The number of hydrogen-bond acceptors (Lipinski definition) is 6. The van der Waals surface area contributed by atoms with E-state index in [9.17, 15) is 10.1 Å². The number of hydrogen-bond donors (Lipinski definition) is 2. The number of nitrogens with two attached hydrogens (primary N) is 1. The molecular formula is C8H11N3O4. The Morgan fingerprint density at radius 1 is 1.40 bits per heavy atom. The maximum atomic E-state index is 10.7. The number of benzene rings is 1. The van der Waals surface area contributed by atoms with Crippen molar-refractivity contribution in [1.82, 2.24) is 0 Å². The maximum absolute atomic E-state index is 10.7. The molecule has 0 aromatic heterocycles. The predicted octanol–water partition coefficient (Wildman–Crippen LogP) is 0.898. The number of nitro benzene ring substituents is 1. The number of hydrazine groups is 1. The summed E-state index contributed by atoms with van der Waals surface area (Å²) >= 11 is 0. The van der Waals surface area contributed by atoms with E-state index in [4.69, 9.17) is 15.3 Å². The van der Waals surface area contributed by atoms with E-state index in [0.29, 0.717) is 5.69 Å². The lowest BCUT2D eigenvalue weighted by Gasteiger charge is -2.09. The van der Waals surface area contributed by atoms with Crippen LogP contribution in [0.5, 0.6) is 11.5 Å². The number of nitrogen functional groups attached to an aromatic ring is 1. The average Bonchev–Trinajstić information content (AvgIpc) is 2.26. The van der Waals surface area contributed by atoms with Crippen molar-refractivity contribution in [2.45, 2.75) is 0 Å². The second-order valence-corrected chi connectivity index (χ2v) is 2.63. The molecular weight excluding hydrogens is 202 g/mol. The average molecular weight is 213 g/mol. The standard InChI is InChI=1S/C8H11N3O4/c1-14-7-4-5(10-9)3-6(11(12)13)8(7)15-2/h3-4,10H,9H2,1-2H3. The van der Waals surface area contributed by atoms with Crippen molar-refractivity contribution in [3.8, 4) is 11.5 Å². The first kappa shape index (κ1) is 11.1. The molecule has 82 valence electrons. The van der Waals surface area contributed by atoms with Crippen molar-refractivity contribution in [3.05, 3.63) is 22.2 Å². The molecule has 0 saturated carbocycles. The molecule has 0 atom stereocenters. The summed E-state index contributed by atoms with van der Waals surface area (Å²) in [7, 11) is 2.72. The maximum Gasteiger partial charge on any atom is 0.316 e.